The number of anilines is 1. The zero-order chi connectivity index (χ0) is 21.2. The summed E-state index contributed by atoms with van der Waals surface area (Å²) in [7, 11) is -3.79. The fourth-order valence-electron chi connectivity index (χ4n) is 2.95. The molecular formula is C17H21ClF3N3O4S. The highest BCUT2D eigenvalue weighted by Gasteiger charge is 2.40. The van der Waals surface area contributed by atoms with E-state index in [9.17, 15) is 31.5 Å². The van der Waals surface area contributed by atoms with Crippen LogP contribution in [0.3, 0.4) is 0 Å². The number of nitrogens with one attached hydrogen (secondary N) is 2. The van der Waals surface area contributed by atoms with Crippen LogP contribution in [0, 0.1) is 11.3 Å². The van der Waals surface area contributed by atoms with Crippen molar-refractivity contribution in [2.75, 3.05) is 24.2 Å². The van der Waals surface area contributed by atoms with Gasteiger partial charge in [-0.1, -0.05) is 0 Å². The molecule has 1 heterocycles. The van der Waals surface area contributed by atoms with Gasteiger partial charge in [0.1, 0.15) is 0 Å². The Morgan fingerprint density at radius 3 is 2.45 bits per heavy atom. The van der Waals surface area contributed by atoms with Crippen LogP contribution in [0.15, 0.2) is 18.2 Å². The third-order valence-electron chi connectivity index (χ3n) is 4.47. The second-order valence-electron chi connectivity index (χ2n) is 6.85. The molecular weight excluding hydrogens is 435 g/mol. The van der Waals surface area contributed by atoms with Gasteiger partial charge in [-0.05, 0) is 51.1 Å². The van der Waals surface area contributed by atoms with Gasteiger partial charge in [0.25, 0.3) is 5.91 Å². The number of nitrogens with zero attached hydrogens (tertiary/aromatic N) is 1. The molecule has 162 valence electrons. The van der Waals surface area contributed by atoms with Crippen molar-refractivity contribution in [1.29, 1.82) is 5.26 Å². The average molecular weight is 456 g/mol. The molecule has 7 nitrogen and oxygen atoms in total. The molecule has 0 aliphatic carbocycles. The number of hydrogen-bond acceptors (Lipinski definition) is 6. The van der Waals surface area contributed by atoms with E-state index in [-0.39, 0.29) is 18.1 Å². The monoisotopic (exact) mass is 455 g/mol. The topological polar surface area (TPSA) is 119 Å². The highest BCUT2D eigenvalue weighted by Crippen LogP contribution is 2.33. The minimum absolute atomic E-state index is 0. The lowest BCUT2D eigenvalue weighted by Gasteiger charge is -2.27. The zero-order valence-electron chi connectivity index (χ0n) is 15.4. The molecule has 2 rings (SSSR count). The van der Waals surface area contributed by atoms with Crippen LogP contribution in [-0.2, 0) is 20.8 Å². The van der Waals surface area contributed by atoms with Crippen LogP contribution in [0.25, 0.3) is 0 Å². The van der Waals surface area contributed by atoms with Crippen LogP contribution in [0.5, 0.6) is 0 Å². The number of sulfone groups is 1. The lowest BCUT2D eigenvalue weighted by Crippen LogP contribution is -2.49. The molecule has 0 saturated carbocycles. The average Bonchev–Trinajstić information content (AvgIpc) is 2.61. The van der Waals surface area contributed by atoms with Gasteiger partial charge in [0.2, 0.25) is 0 Å². The van der Waals surface area contributed by atoms with E-state index >= 15 is 0 Å². The number of carbonyl (C=O) groups excluding carboxylic acids is 1. The molecule has 1 fully saturated rings. The van der Waals surface area contributed by atoms with E-state index in [1.807, 2.05) is 0 Å². The van der Waals surface area contributed by atoms with Crippen molar-refractivity contribution >= 4 is 33.8 Å². The number of nitriles is 1. The lowest BCUT2D eigenvalue weighted by molar-refractivity contribution is -0.137. The first-order valence-electron chi connectivity index (χ1n) is 8.44. The molecule has 3 N–H and O–H groups in total. The third kappa shape index (κ3) is 6.30. The molecule has 0 radical (unpaired) electrons. The summed E-state index contributed by atoms with van der Waals surface area (Å²) >= 11 is 0. The maximum Gasteiger partial charge on any atom is 0.417 e. The molecule has 1 saturated heterocycles. The van der Waals surface area contributed by atoms with Gasteiger partial charge in [0, 0.05) is 5.69 Å². The van der Waals surface area contributed by atoms with E-state index in [1.165, 1.54) is 6.07 Å². The predicted molar refractivity (Wildman–Crippen MR) is 102 cm³/mol. The van der Waals surface area contributed by atoms with Gasteiger partial charge in [-0.3, -0.25) is 4.79 Å². The molecule has 0 aromatic heterocycles. The van der Waals surface area contributed by atoms with Crippen LogP contribution in [-0.4, -0.2) is 49.1 Å². The van der Waals surface area contributed by atoms with E-state index in [4.69, 9.17) is 5.26 Å². The van der Waals surface area contributed by atoms with Crippen molar-refractivity contribution in [2.45, 2.75) is 36.8 Å². The summed E-state index contributed by atoms with van der Waals surface area (Å²) in [5.41, 5.74) is -4.51. The van der Waals surface area contributed by atoms with Crippen molar-refractivity contribution < 1.29 is 31.5 Å². The summed E-state index contributed by atoms with van der Waals surface area (Å²) in [5, 5.41) is 23.6. The van der Waals surface area contributed by atoms with Gasteiger partial charge in [-0.25, -0.2) is 8.42 Å². The number of carbonyl (C=O) groups is 1. The van der Waals surface area contributed by atoms with Gasteiger partial charge in [0.15, 0.2) is 15.4 Å². The fourth-order valence-corrected chi connectivity index (χ4v) is 5.05. The predicted octanol–water partition coefficient (Wildman–Crippen LogP) is 1.86. The zero-order valence-corrected chi connectivity index (χ0v) is 17.0. The Balaban J connectivity index is 0.00000420. The number of hydrogen-bond donors (Lipinski definition) is 3. The Morgan fingerprint density at radius 1 is 1.34 bits per heavy atom. The van der Waals surface area contributed by atoms with Crippen molar-refractivity contribution in [1.82, 2.24) is 5.32 Å². The first-order chi connectivity index (χ1) is 12.9. The molecule has 1 aromatic carbocycles. The Morgan fingerprint density at radius 2 is 1.93 bits per heavy atom. The van der Waals surface area contributed by atoms with Gasteiger partial charge < -0.3 is 15.7 Å². The molecule has 1 aliphatic heterocycles. The number of alkyl halides is 3. The van der Waals surface area contributed by atoms with E-state index in [1.54, 1.807) is 0 Å². The van der Waals surface area contributed by atoms with Crippen molar-refractivity contribution in [3.63, 3.8) is 0 Å². The number of amides is 1. The normalized spacial score (nSPS) is 17.5. The minimum atomic E-state index is -4.81. The largest absolute Gasteiger partial charge is 0.417 e. The second kappa shape index (κ2) is 9.30. The molecule has 0 bridgehead atoms. The maximum absolute atomic E-state index is 13.0. The minimum Gasteiger partial charge on any atom is -0.379 e. The van der Waals surface area contributed by atoms with Crippen molar-refractivity contribution in [3.8, 4) is 6.07 Å². The molecule has 12 heteroatoms. The van der Waals surface area contributed by atoms with Crippen LogP contribution >= 0.6 is 12.4 Å². The number of halogens is 4. The molecule has 29 heavy (non-hydrogen) atoms. The molecule has 0 spiro atoms. The molecule has 1 aromatic rings. The quantitative estimate of drug-likeness (QED) is 0.623. The highest BCUT2D eigenvalue weighted by atomic mass is 35.5. The van der Waals surface area contributed by atoms with E-state index in [2.05, 4.69) is 10.6 Å². The molecule has 1 aliphatic rings. The summed E-state index contributed by atoms with van der Waals surface area (Å²) in [5.74, 6) is -2.00. The first kappa shape index (κ1) is 25.2. The SMILES string of the molecule is C[C@](O)(CS(=O)(=O)C1CCNCC1)C(=O)Nc1ccc(C#N)c(C(F)(F)F)c1.Cl. The Kier molecular flexibility index (Phi) is 8.07. The standard InChI is InChI=1S/C17H20F3N3O4S.ClH/c1-16(25,10-28(26,27)13-4-6-22-7-5-13)15(24)23-12-3-2-11(9-21)14(8-12)17(18,19)20;/h2-3,8,13,22,25H,4-7,10H2,1H3,(H,23,24);1H/t16-;/m0./s1. The van der Waals surface area contributed by atoms with Gasteiger partial charge in [-0.2, -0.15) is 18.4 Å². The van der Waals surface area contributed by atoms with Crippen LogP contribution < -0.4 is 10.6 Å². The Bertz CT molecular complexity index is 892. The Hall–Kier alpha value is -1.87. The van der Waals surface area contributed by atoms with Gasteiger partial charge >= 0.3 is 6.18 Å². The van der Waals surface area contributed by atoms with Crippen molar-refractivity contribution in [2.24, 2.45) is 0 Å². The first-order valence-corrected chi connectivity index (χ1v) is 10.2. The number of rotatable bonds is 5. The third-order valence-corrected chi connectivity index (χ3v) is 6.92. The summed E-state index contributed by atoms with van der Waals surface area (Å²) in [6.07, 6.45) is -4.11. The maximum atomic E-state index is 13.0. The fraction of sp³-hybridized carbons (Fsp3) is 0.529. The lowest BCUT2D eigenvalue weighted by atomic mass is 10.1. The van der Waals surface area contributed by atoms with Crippen molar-refractivity contribution in [3.05, 3.63) is 29.3 Å². The molecule has 0 unspecified atom stereocenters. The molecule has 1 amide bonds. The van der Waals surface area contributed by atoms with Crippen LogP contribution in [0.4, 0.5) is 18.9 Å². The smallest absolute Gasteiger partial charge is 0.379 e. The van der Waals surface area contributed by atoms with Gasteiger partial charge in [0.05, 0.1) is 28.2 Å². The summed E-state index contributed by atoms with van der Waals surface area (Å²) in [6, 6.07) is 3.94. The van der Waals surface area contributed by atoms with E-state index in [0.717, 1.165) is 19.1 Å². The summed E-state index contributed by atoms with van der Waals surface area (Å²) < 4.78 is 64.0. The molecule has 1 atom stereocenters. The van der Waals surface area contributed by atoms with E-state index in [0.29, 0.717) is 32.0 Å². The number of piperidine rings is 1. The van der Waals surface area contributed by atoms with Gasteiger partial charge in [-0.15, -0.1) is 12.4 Å². The van der Waals surface area contributed by atoms with Crippen LogP contribution in [0.1, 0.15) is 30.9 Å². The summed E-state index contributed by atoms with van der Waals surface area (Å²) in [6.45, 7) is 2.00. The number of benzene rings is 1. The highest BCUT2D eigenvalue weighted by molar-refractivity contribution is 7.92. The Labute approximate surface area is 172 Å². The second-order valence-corrected chi connectivity index (χ2v) is 9.14. The number of aliphatic hydroxyl groups is 1. The van der Waals surface area contributed by atoms with Crippen LogP contribution in [0.2, 0.25) is 0 Å². The summed E-state index contributed by atoms with van der Waals surface area (Å²) in [4.78, 5) is 12.3. The van der Waals surface area contributed by atoms with E-state index < -0.39 is 49.7 Å².